The first-order chi connectivity index (χ1) is 10.1. The molecule has 1 aromatic heterocycles. The van der Waals surface area contributed by atoms with Crippen LogP contribution < -0.4 is 0 Å². The fourth-order valence-electron chi connectivity index (χ4n) is 2.59. The number of nitrogens with zero attached hydrogens (tertiary/aromatic N) is 1. The van der Waals surface area contributed by atoms with E-state index in [1.54, 1.807) is 12.3 Å². The largest absolute Gasteiger partial charge is 0.454 e. The van der Waals surface area contributed by atoms with Crippen molar-refractivity contribution in [1.29, 1.82) is 0 Å². The van der Waals surface area contributed by atoms with Crippen molar-refractivity contribution in [2.45, 2.75) is 25.4 Å². The number of hydrogen-bond acceptors (Lipinski definition) is 3. The summed E-state index contributed by atoms with van der Waals surface area (Å²) in [4.78, 5) is 16.3. The van der Waals surface area contributed by atoms with Crippen molar-refractivity contribution in [3.63, 3.8) is 0 Å². The number of hydrogen-bond donors (Lipinski definition) is 0. The molecule has 0 bridgehead atoms. The average molecular weight is 367 g/mol. The summed E-state index contributed by atoms with van der Waals surface area (Å²) in [6, 6.07) is 9.72. The van der Waals surface area contributed by atoms with Gasteiger partial charge < -0.3 is 4.74 Å². The van der Waals surface area contributed by atoms with E-state index in [-0.39, 0.29) is 16.8 Å². The van der Waals surface area contributed by atoms with Crippen LogP contribution in [0.4, 0.5) is 0 Å². The summed E-state index contributed by atoms with van der Waals surface area (Å²) in [5, 5.41) is 0.160. The Bertz CT molecular complexity index is 690. The predicted molar refractivity (Wildman–Crippen MR) is 84.5 cm³/mol. The SMILES string of the molecule is O=C(OC1CCCc2ccccc21)c1cc(Br)cnc1Cl. The highest BCUT2D eigenvalue weighted by Gasteiger charge is 2.25. The van der Waals surface area contributed by atoms with Crippen molar-refractivity contribution in [3.05, 3.63) is 62.8 Å². The van der Waals surface area contributed by atoms with Crippen LogP contribution in [0.3, 0.4) is 0 Å². The first-order valence-corrected chi connectivity index (χ1v) is 7.92. The van der Waals surface area contributed by atoms with Crippen molar-refractivity contribution < 1.29 is 9.53 Å². The Labute approximate surface area is 136 Å². The van der Waals surface area contributed by atoms with E-state index >= 15 is 0 Å². The number of fused-ring (bicyclic) bond motifs is 1. The average Bonchev–Trinajstić information content (AvgIpc) is 2.50. The second-order valence-electron chi connectivity index (χ2n) is 4.98. The van der Waals surface area contributed by atoms with Gasteiger partial charge in [-0.2, -0.15) is 0 Å². The summed E-state index contributed by atoms with van der Waals surface area (Å²) in [5.74, 6) is -0.435. The van der Waals surface area contributed by atoms with Crippen LogP contribution in [-0.4, -0.2) is 11.0 Å². The molecule has 0 saturated heterocycles. The maximum Gasteiger partial charge on any atom is 0.341 e. The molecule has 1 aliphatic rings. The number of aryl methyl sites for hydroxylation is 1. The van der Waals surface area contributed by atoms with Gasteiger partial charge in [0.15, 0.2) is 0 Å². The molecule has 5 heteroatoms. The van der Waals surface area contributed by atoms with E-state index in [0.717, 1.165) is 24.8 Å². The molecule has 0 radical (unpaired) electrons. The number of benzene rings is 1. The van der Waals surface area contributed by atoms with Gasteiger partial charge in [0.1, 0.15) is 11.3 Å². The molecule has 1 aromatic carbocycles. The van der Waals surface area contributed by atoms with Crippen LogP contribution in [0.25, 0.3) is 0 Å². The molecule has 0 fully saturated rings. The zero-order chi connectivity index (χ0) is 14.8. The number of ether oxygens (including phenoxy) is 1. The van der Waals surface area contributed by atoms with Crippen molar-refractivity contribution in [1.82, 2.24) is 4.98 Å². The molecule has 3 rings (SSSR count). The minimum Gasteiger partial charge on any atom is -0.454 e. The lowest BCUT2D eigenvalue weighted by Gasteiger charge is -2.25. The highest BCUT2D eigenvalue weighted by atomic mass is 79.9. The molecular formula is C16H13BrClNO2. The number of halogens is 2. The van der Waals surface area contributed by atoms with E-state index in [1.807, 2.05) is 18.2 Å². The van der Waals surface area contributed by atoms with E-state index in [2.05, 4.69) is 27.0 Å². The Morgan fingerprint density at radius 2 is 2.19 bits per heavy atom. The van der Waals surface area contributed by atoms with Gasteiger partial charge >= 0.3 is 5.97 Å². The fraction of sp³-hybridized carbons (Fsp3) is 0.250. The van der Waals surface area contributed by atoms with Crippen LogP contribution in [0, 0.1) is 0 Å². The molecule has 1 heterocycles. The molecule has 1 aliphatic carbocycles. The summed E-state index contributed by atoms with van der Waals surface area (Å²) in [6.45, 7) is 0. The van der Waals surface area contributed by atoms with Crippen molar-refractivity contribution in [3.8, 4) is 0 Å². The summed E-state index contributed by atoms with van der Waals surface area (Å²) in [5.41, 5.74) is 2.63. The van der Waals surface area contributed by atoms with Gasteiger partial charge in [0.2, 0.25) is 0 Å². The van der Waals surface area contributed by atoms with E-state index in [0.29, 0.717) is 4.47 Å². The van der Waals surface area contributed by atoms with E-state index < -0.39 is 5.97 Å². The Morgan fingerprint density at radius 1 is 1.38 bits per heavy atom. The summed E-state index contributed by atoms with van der Waals surface area (Å²) < 4.78 is 6.35. The van der Waals surface area contributed by atoms with Crippen LogP contribution in [0.5, 0.6) is 0 Å². The smallest absolute Gasteiger partial charge is 0.341 e. The molecule has 2 aromatic rings. The highest BCUT2D eigenvalue weighted by Crippen LogP contribution is 2.33. The number of esters is 1. The summed E-state index contributed by atoms with van der Waals surface area (Å²) >= 11 is 9.26. The Morgan fingerprint density at radius 3 is 3.05 bits per heavy atom. The van der Waals surface area contributed by atoms with Crippen LogP contribution in [0.15, 0.2) is 41.0 Å². The third kappa shape index (κ3) is 3.11. The van der Waals surface area contributed by atoms with Crippen LogP contribution in [0.2, 0.25) is 5.15 Å². The van der Waals surface area contributed by atoms with Gasteiger partial charge in [-0.1, -0.05) is 35.9 Å². The minimum atomic E-state index is -0.435. The first-order valence-electron chi connectivity index (χ1n) is 6.75. The van der Waals surface area contributed by atoms with E-state index in [4.69, 9.17) is 16.3 Å². The number of aromatic nitrogens is 1. The fourth-order valence-corrected chi connectivity index (χ4v) is 3.10. The number of pyridine rings is 1. The molecule has 0 aliphatic heterocycles. The van der Waals surface area contributed by atoms with E-state index in [9.17, 15) is 4.79 Å². The summed E-state index contributed by atoms with van der Waals surface area (Å²) in [6.07, 6.45) is 4.22. The molecule has 1 unspecified atom stereocenters. The van der Waals surface area contributed by atoms with Gasteiger partial charge in [-0.05, 0) is 52.4 Å². The lowest BCUT2D eigenvalue weighted by molar-refractivity contribution is 0.0256. The minimum absolute atomic E-state index is 0.160. The lowest BCUT2D eigenvalue weighted by atomic mass is 9.89. The first kappa shape index (κ1) is 14.5. The van der Waals surface area contributed by atoms with Crippen molar-refractivity contribution >= 4 is 33.5 Å². The molecule has 108 valence electrons. The zero-order valence-electron chi connectivity index (χ0n) is 11.2. The van der Waals surface area contributed by atoms with Gasteiger partial charge in [0.25, 0.3) is 0 Å². The molecule has 21 heavy (non-hydrogen) atoms. The van der Waals surface area contributed by atoms with Crippen LogP contribution >= 0.6 is 27.5 Å². The molecule has 0 N–H and O–H groups in total. The molecule has 0 spiro atoms. The van der Waals surface area contributed by atoms with Crippen LogP contribution in [0.1, 0.15) is 40.4 Å². The Balaban J connectivity index is 1.84. The maximum absolute atomic E-state index is 12.3. The molecule has 0 amide bonds. The van der Waals surface area contributed by atoms with Gasteiger partial charge in [-0.15, -0.1) is 0 Å². The number of rotatable bonds is 2. The second kappa shape index (κ2) is 6.16. The molecule has 3 nitrogen and oxygen atoms in total. The quantitative estimate of drug-likeness (QED) is 0.569. The summed E-state index contributed by atoms with van der Waals surface area (Å²) in [7, 11) is 0. The van der Waals surface area contributed by atoms with Gasteiger partial charge in [0.05, 0.1) is 5.56 Å². The zero-order valence-corrected chi connectivity index (χ0v) is 13.5. The third-order valence-electron chi connectivity index (χ3n) is 3.59. The number of carbonyl (C=O) groups is 1. The second-order valence-corrected chi connectivity index (χ2v) is 6.25. The molecule has 1 atom stereocenters. The monoisotopic (exact) mass is 365 g/mol. The van der Waals surface area contributed by atoms with Crippen molar-refractivity contribution in [2.75, 3.05) is 0 Å². The third-order valence-corrected chi connectivity index (χ3v) is 4.32. The number of carbonyl (C=O) groups excluding carboxylic acids is 1. The van der Waals surface area contributed by atoms with Crippen LogP contribution in [-0.2, 0) is 11.2 Å². The Hall–Kier alpha value is -1.39. The maximum atomic E-state index is 12.3. The van der Waals surface area contributed by atoms with Gasteiger partial charge in [0, 0.05) is 10.7 Å². The Kier molecular flexibility index (Phi) is 4.27. The standard InChI is InChI=1S/C16H13BrClNO2/c17-11-8-13(15(18)19-9-11)16(20)21-14-7-3-5-10-4-1-2-6-12(10)14/h1-2,4,6,8-9,14H,3,5,7H2. The molecule has 0 saturated carbocycles. The van der Waals surface area contributed by atoms with Gasteiger partial charge in [-0.3, -0.25) is 0 Å². The topological polar surface area (TPSA) is 39.2 Å². The van der Waals surface area contributed by atoms with Crippen molar-refractivity contribution in [2.24, 2.45) is 0 Å². The highest BCUT2D eigenvalue weighted by molar-refractivity contribution is 9.10. The normalized spacial score (nSPS) is 17.1. The molecular weight excluding hydrogens is 354 g/mol. The van der Waals surface area contributed by atoms with Gasteiger partial charge in [-0.25, -0.2) is 9.78 Å². The van der Waals surface area contributed by atoms with E-state index in [1.165, 1.54) is 5.56 Å². The lowest BCUT2D eigenvalue weighted by Crippen LogP contribution is -2.17. The predicted octanol–water partition coefficient (Wildman–Crippen LogP) is 4.73.